The Hall–Kier alpha value is -2.13. The minimum atomic E-state index is -0.767. The molecule has 1 atom stereocenters. The van der Waals surface area contributed by atoms with Crippen LogP contribution in [-0.4, -0.2) is 17.6 Å². The monoisotopic (exact) mass is 281 g/mol. The molecule has 0 fully saturated rings. The number of carboxylic acid groups (broad SMARTS) is 1. The van der Waals surface area contributed by atoms with Gasteiger partial charge in [0.1, 0.15) is 0 Å². The first-order valence-electron chi connectivity index (χ1n) is 7.21. The summed E-state index contributed by atoms with van der Waals surface area (Å²) in [5, 5.41) is 9.13. The van der Waals surface area contributed by atoms with E-state index in [9.17, 15) is 4.79 Å². The molecule has 3 rings (SSSR count). The zero-order chi connectivity index (χ0) is 14.9. The second kappa shape index (κ2) is 5.34. The number of aliphatic carboxylic acids is 1. The Bertz CT molecular complexity index is 666. The molecule has 0 spiro atoms. The van der Waals surface area contributed by atoms with Crippen LogP contribution in [0.4, 0.5) is 0 Å². The van der Waals surface area contributed by atoms with E-state index in [1.165, 1.54) is 22.3 Å². The maximum absolute atomic E-state index is 11.1. The largest absolute Gasteiger partial charge is 0.481 e. The lowest BCUT2D eigenvalue weighted by Gasteiger charge is -2.24. The number of nitrogens with two attached hydrogens (primary N) is 1. The lowest BCUT2D eigenvalue weighted by Crippen LogP contribution is -2.33. The maximum atomic E-state index is 11.1. The van der Waals surface area contributed by atoms with Crippen molar-refractivity contribution < 1.29 is 9.90 Å². The molecule has 0 aromatic heterocycles. The minimum absolute atomic E-state index is 0.138. The molecule has 3 N–H and O–H groups in total. The molecule has 1 aliphatic carbocycles. The van der Waals surface area contributed by atoms with E-state index >= 15 is 0 Å². The Morgan fingerprint density at radius 1 is 1.05 bits per heavy atom. The quantitative estimate of drug-likeness (QED) is 0.905. The summed E-state index contributed by atoms with van der Waals surface area (Å²) in [5.41, 5.74) is 10.4. The van der Waals surface area contributed by atoms with Gasteiger partial charge in [-0.15, -0.1) is 0 Å². The summed E-state index contributed by atoms with van der Waals surface area (Å²) in [6.45, 7) is 0.411. The summed E-state index contributed by atoms with van der Waals surface area (Å²) in [4.78, 5) is 11.1. The molecule has 21 heavy (non-hydrogen) atoms. The van der Waals surface area contributed by atoms with E-state index in [4.69, 9.17) is 10.8 Å². The van der Waals surface area contributed by atoms with Crippen LogP contribution in [0.1, 0.15) is 17.5 Å². The molecular weight excluding hydrogens is 262 g/mol. The van der Waals surface area contributed by atoms with E-state index in [1.807, 2.05) is 18.2 Å². The van der Waals surface area contributed by atoms with Crippen LogP contribution in [0.15, 0.2) is 48.5 Å². The molecule has 0 aliphatic heterocycles. The van der Waals surface area contributed by atoms with E-state index in [2.05, 4.69) is 30.3 Å². The number of benzene rings is 2. The van der Waals surface area contributed by atoms with Crippen molar-refractivity contribution in [1.82, 2.24) is 0 Å². The Morgan fingerprint density at radius 3 is 2.43 bits per heavy atom. The summed E-state index contributed by atoms with van der Waals surface area (Å²) in [7, 11) is 0. The standard InChI is InChI=1S/C18H19NO2/c19-12-18(11-17(20)21)9-15-7-6-14(8-16(15)10-18)13-4-2-1-3-5-13/h1-8H,9-12,19H2,(H,20,21). The lowest BCUT2D eigenvalue weighted by atomic mass is 9.81. The van der Waals surface area contributed by atoms with Gasteiger partial charge in [-0.2, -0.15) is 0 Å². The fourth-order valence-corrected chi connectivity index (χ4v) is 3.31. The van der Waals surface area contributed by atoms with E-state index in [-0.39, 0.29) is 11.8 Å². The van der Waals surface area contributed by atoms with Crippen LogP contribution in [0.3, 0.4) is 0 Å². The fourth-order valence-electron chi connectivity index (χ4n) is 3.31. The summed E-state index contributed by atoms with van der Waals surface area (Å²) in [6.07, 6.45) is 1.66. The molecule has 0 saturated heterocycles. The fraction of sp³-hybridized carbons (Fsp3) is 0.278. The molecule has 3 nitrogen and oxygen atoms in total. The zero-order valence-electron chi connectivity index (χ0n) is 11.9. The van der Waals surface area contributed by atoms with Crippen LogP contribution < -0.4 is 5.73 Å². The number of rotatable bonds is 4. The summed E-state index contributed by atoms with van der Waals surface area (Å²) < 4.78 is 0. The topological polar surface area (TPSA) is 63.3 Å². The van der Waals surface area contributed by atoms with E-state index in [0.29, 0.717) is 6.54 Å². The highest BCUT2D eigenvalue weighted by atomic mass is 16.4. The highest BCUT2D eigenvalue weighted by molar-refractivity contribution is 5.69. The molecule has 0 amide bonds. The average Bonchev–Trinajstić information content (AvgIpc) is 2.85. The van der Waals surface area contributed by atoms with Gasteiger partial charge in [0, 0.05) is 5.41 Å². The molecule has 1 unspecified atom stereocenters. The first kappa shape index (κ1) is 13.8. The number of carbonyl (C=O) groups is 1. The van der Waals surface area contributed by atoms with Gasteiger partial charge in [0.15, 0.2) is 0 Å². The first-order valence-corrected chi connectivity index (χ1v) is 7.21. The molecule has 1 aliphatic rings. The third-order valence-corrected chi connectivity index (χ3v) is 4.40. The van der Waals surface area contributed by atoms with Crippen molar-refractivity contribution >= 4 is 5.97 Å². The van der Waals surface area contributed by atoms with Gasteiger partial charge in [-0.25, -0.2) is 0 Å². The van der Waals surface area contributed by atoms with E-state index in [1.54, 1.807) is 0 Å². The number of hydrogen-bond acceptors (Lipinski definition) is 2. The van der Waals surface area contributed by atoms with Crippen molar-refractivity contribution in [3.8, 4) is 11.1 Å². The summed E-state index contributed by atoms with van der Waals surface area (Å²) in [5.74, 6) is -0.767. The minimum Gasteiger partial charge on any atom is -0.481 e. The molecule has 0 radical (unpaired) electrons. The van der Waals surface area contributed by atoms with E-state index in [0.717, 1.165) is 12.8 Å². The van der Waals surface area contributed by atoms with Gasteiger partial charge >= 0.3 is 5.97 Å². The number of carboxylic acids is 1. The highest BCUT2D eigenvalue weighted by Crippen LogP contribution is 2.40. The second-order valence-electron chi connectivity index (χ2n) is 5.98. The highest BCUT2D eigenvalue weighted by Gasteiger charge is 2.38. The molecule has 2 aromatic rings. The Balaban J connectivity index is 1.92. The predicted octanol–water partition coefficient (Wildman–Crippen LogP) is 2.87. The molecule has 108 valence electrons. The third kappa shape index (κ3) is 2.69. The Morgan fingerprint density at radius 2 is 1.76 bits per heavy atom. The molecule has 0 saturated carbocycles. The van der Waals surface area contributed by atoms with Crippen LogP contribution in [0.25, 0.3) is 11.1 Å². The molecule has 0 heterocycles. The maximum Gasteiger partial charge on any atom is 0.303 e. The van der Waals surface area contributed by atoms with Crippen LogP contribution in [0.5, 0.6) is 0 Å². The zero-order valence-corrected chi connectivity index (χ0v) is 11.9. The van der Waals surface area contributed by atoms with Crippen LogP contribution in [0, 0.1) is 5.41 Å². The molecule has 2 aromatic carbocycles. The van der Waals surface area contributed by atoms with Gasteiger partial charge in [0.2, 0.25) is 0 Å². The van der Waals surface area contributed by atoms with Crippen molar-refractivity contribution in [3.63, 3.8) is 0 Å². The van der Waals surface area contributed by atoms with Crippen LogP contribution in [0.2, 0.25) is 0 Å². The molecule has 3 heteroatoms. The van der Waals surface area contributed by atoms with Crippen LogP contribution in [-0.2, 0) is 17.6 Å². The van der Waals surface area contributed by atoms with Crippen molar-refractivity contribution in [2.75, 3.05) is 6.54 Å². The lowest BCUT2D eigenvalue weighted by molar-refractivity contribution is -0.139. The first-order chi connectivity index (χ1) is 10.1. The molecular formula is C18H19NO2. The third-order valence-electron chi connectivity index (χ3n) is 4.40. The summed E-state index contributed by atoms with van der Waals surface area (Å²) in [6, 6.07) is 16.6. The van der Waals surface area contributed by atoms with Gasteiger partial charge in [-0.05, 0) is 41.6 Å². The Kier molecular flexibility index (Phi) is 3.52. The second-order valence-corrected chi connectivity index (χ2v) is 5.98. The van der Waals surface area contributed by atoms with Crippen LogP contribution >= 0.6 is 0 Å². The molecule has 0 bridgehead atoms. The van der Waals surface area contributed by atoms with Crippen molar-refractivity contribution in [1.29, 1.82) is 0 Å². The Labute approximate surface area is 124 Å². The van der Waals surface area contributed by atoms with Gasteiger partial charge in [-0.1, -0.05) is 48.5 Å². The summed E-state index contributed by atoms with van der Waals surface area (Å²) >= 11 is 0. The van der Waals surface area contributed by atoms with Gasteiger partial charge in [-0.3, -0.25) is 4.79 Å². The van der Waals surface area contributed by atoms with Crippen molar-refractivity contribution in [3.05, 3.63) is 59.7 Å². The normalized spacial score (nSPS) is 20.2. The van der Waals surface area contributed by atoms with E-state index < -0.39 is 5.97 Å². The average molecular weight is 281 g/mol. The predicted molar refractivity (Wildman–Crippen MR) is 83.0 cm³/mol. The van der Waals surface area contributed by atoms with Crippen molar-refractivity contribution in [2.24, 2.45) is 11.1 Å². The number of fused-ring (bicyclic) bond motifs is 1. The smallest absolute Gasteiger partial charge is 0.303 e. The van der Waals surface area contributed by atoms with Crippen molar-refractivity contribution in [2.45, 2.75) is 19.3 Å². The van der Waals surface area contributed by atoms with Gasteiger partial charge < -0.3 is 10.8 Å². The number of hydrogen-bond donors (Lipinski definition) is 2. The van der Waals surface area contributed by atoms with Gasteiger partial charge in [0.25, 0.3) is 0 Å². The SMILES string of the molecule is NCC1(CC(=O)O)Cc2ccc(-c3ccccc3)cc2C1. The van der Waals surface area contributed by atoms with Gasteiger partial charge in [0.05, 0.1) is 6.42 Å².